The van der Waals surface area contributed by atoms with Crippen molar-refractivity contribution in [2.24, 2.45) is 0 Å². The molecule has 0 saturated carbocycles. The number of fused-ring (bicyclic) bond motifs is 1. The molecule has 0 atom stereocenters. The first-order chi connectivity index (χ1) is 9.36. The van der Waals surface area contributed by atoms with E-state index in [9.17, 15) is 0 Å². The van der Waals surface area contributed by atoms with Gasteiger partial charge in [-0.15, -0.1) is 0 Å². The van der Waals surface area contributed by atoms with Gasteiger partial charge in [0.1, 0.15) is 5.75 Å². The van der Waals surface area contributed by atoms with E-state index in [4.69, 9.17) is 4.74 Å². The molecule has 2 nitrogen and oxygen atoms in total. The van der Waals surface area contributed by atoms with Crippen molar-refractivity contribution < 1.29 is 4.74 Å². The van der Waals surface area contributed by atoms with Crippen LogP contribution in [0.1, 0.15) is 30.0 Å². The van der Waals surface area contributed by atoms with Crippen molar-refractivity contribution in [3.63, 3.8) is 0 Å². The van der Waals surface area contributed by atoms with E-state index >= 15 is 0 Å². The third-order valence-corrected chi connectivity index (χ3v) is 3.42. The van der Waals surface area contributed by atoms with Crippen molar-refractivity contribution in [1.29, 1.82) is 0 Å². The van der Waals surface area contributed by atoms with Crippen LogP contribution in [0, 0.1) is 0 Å². The molecular formula is C17H17NO. The number of rotatable bonds is 3. The van der Waals surface area contributed by atoms with Crippen LogP contribution in [0.2, 0.25) is 0 Å². The molecule has 96 valence electrons. The van der Waals surface area contributed by atoms with E-state index in [1.807, 2.05) is 19.2 Å². The molecule has 2 heteroatoms. The van der Waals surface area contributed by atoms with E-state index in [1.165, 1.54) is 22.3 Å². The highest BCUT2D eigenvalue weighted by molar-refractivity contribution is 5.85. The first-order valence-corrected chi connectivity index (χ1v) is 6.73. The molecule has 0 N–H and O–H groups in total. The largest absolute Gasteiger partial charge is 0.494 e. The molecule has 19 heavy (non-hydrogen) atoms. The second kappa shape index (κ2) is 5.27. The predicted molar refractivity (Wildman–Crippen MR) is 78.0 cm³/mol. The molecule has 0 fully saturated rings. The van der Waals surface area contributed by atoms with Crippen LogP contribution < -0.4 is 4.74 Å². The highest BCUT2D eigenvalue weighted by atomic mass is 16.5. The van der Waals surface area contributed by atoms with Gasteiger partial charge in [-0.25, -0.2) is 0 Å². The van der Waals surface area contributed by atoms with Gasteiger partial charge >= 0.3 is 0 Å². The minimum atomic E-state index is 0.719. The van der Waals surface area contributed by atoms with Crippen LogP contribution in [0.25, 0.3) is 11.6 Å². The van der Waals surface area contributed by atoms with Gasteiger partial charge in [0.2, 0.25) is 0 Å². The lowest BCUT2D eigenvalue weighted by Gasteiger charge is -2.06. The fraction of sp³-hybridized carbons (Fsp3) is 0.235. The molecule has 0 spiro atoms. The van der Waals surface area contributed by atoms with Gasteiger partial charge in [-0.1, -0.05) is 12.1 Å². The third kappa shape index (κ3) is 2.53. The quantitative estimate of drug-likeness (QED) is 0.823. The summed E-state index contributed by atoms with van der Waals surface area (Å²) < 4.78 is 5.56. The zero-order valence-corrected chi connectivity index (χ0v) is 11.1. The molecule has 1 aliphatic rings. The van der Waals surface area contributed by atoms with Gasteiger partial charge in [0.15, 0.2) is 0 Å². The topological polar surface area (TPSA) is 22.1 Å². The molecular weight excluding hydrogens is 234 g/mol. The average molecular weight is 251 g/mol. The minimum absolute atomic E-state index is 0.719. The summed E-state index contributed by atoms with van der Waals surface area (Å²) in [5, 5.41) is 0. The third-order valence-electron chi connectivity index (χ3n) is 3.42. The number of allylic oxidation sites excluding steroid dienone is 1. The molecule has 0 saturated heterocycles. The minimum Gasteiger partial charge on any atom is -0.494 e. The van der Waals surface area contributed by atoms with E-state index in [0.29, 0.717) is 0 Å². The maximum Gasteiger partial charge on any atom is 0.119 e. The summed E-state index contributed by atoms with van der Waals surface area (Å²) in [6.45, 7) is 2.73. The SMILES string of the molecule is CCOc1ccc2c(c1)CC/C2=C\c1cccnc1. The lowest BCUT2D eigenvalue weighted by molar-refractivity contribution is 0.340. The number of benzene rings is 1. The number of nitrogens with zero attached hydrogens (tertiary/aromatic N) is 1. The zero-order chi connectivity index (χ0) is 13.1. The number of ether oxygens (including phenoxy) is 1. The Morgan fingerprint density at radius 2 is 2.21 bits per heavy atom. The maximum atomic E-state index is 5.56. The molecule has 2 aromatic rings. The molecule has 0 radical (unpaired) electrons. The molecule has 1 heterocycles. The number of hydrogen-bond donors (Lipinski definition) is 0. The van der Waals surface area contributed by atoms with Crippen LogP contribution in [-0.4, -0.2) is 11.6 Å². The van der Waals surface area contributed by atoms with Crippen LogP contribution >= 0.6 is 0 Å². The summed E-state index contributed by atoms with van der Waals surface area (Å²) in [6, 6.07) is 10.5. The van der Waals surface area contributed by atoms with Crippen molar-refractivity contribution >= 4 is 11.6 Å². The van der Waals surface area contributed by atoms with Gasteiger partial charge in [0.05, 0.1) is 6.61 Å². The van der Waals surface area contributed by atoms with Gasteiger partial charge in [-0.2, -0.15) is 0 Å². The summed E-state index contributed by atoms with van der Waals surface area (Å²) in [5.74, 6) is 0.976. The highest BCUT2D eigenvalue weighted by Gasteiger charge is 2.16. The number of aromatic nitrogens is 1. The van der Waals surface area contributed by atoms with Gasteiger partial charge in [-0.3, -0.25) is 4.98 Å². The number of aryl methyl sites for hydroxylation is 1. The summed E-state index contributed by atoms with van der Waals surface area (Å²) in [6.07, 6.45) is 8.14. The van der Waals surface area contributed by atoms with Gasteiger partial charge in [0, 0.05) is 12.4 Å². The smallest absolute Gasteiger partial charge is 0.119 e. The Morgan fingerprint density at radius 1 is 1.26 bits per heavy atom. The predicted octanol–water partition coefficient (Wildman–Crippen LogP) is 3.97. The summed E-state index contributed by atoms with van der Waals surface area (Å²) >= 11 is 0. The fourth-order valence-electron chi connectivity index (χ4n) is 2.56. The van der Waals surface area contributed by atoms with Crippen LogP contribution in [-0.2, 0) is 6.42 Å². The first-order valence-electron chi connectivity index (χ1n) is 6.73. The Morgan fingerprint density at radius 3 is 3.00 bits per heavy atom. The first kappa shape index (κ1) is 12.0. The van der Waals surface area contributed by atoms with E-state index in [2.05, 4.69) is 35.3 Å². The standard InChI is InChI=1S/C17H17NO/c1-2-19-16-7-8-17-14(5-6-15(17)11-16)10-13-4-3-9-18-12-13/h3-4,7-12H,2,5-6H2,1H3/b14-10+. The monoisotopic (exact) mass is 251 g/mol. The highest BCUT2D eigenvalue weighted by Crippen LogP contribution is 2.35. The zero-order valence-electron chi connectivity index (χ0n) is 11.1. The Balaban J connectivity index is 1.92. The van der Waals surface area contributed by atoms with Crippen molar-refractivity contribution in [1.82, 2.24) is 4.98 Å². The van der Waals surface area contributed by atoms with E-state index in [1.54, 1.807) is 6.20 Å². The lowest BCUT2D eigenvalue weighted by atomic mass is 10.0. The molecule has 0 unspecified atom stereocenters. The second-order valence-electron chi connectivity index (χ2n) is 4.71. The van der Waals surface area contributed by atoms with Crippen molar-refractivity contribution in [2.45, 2.75) is 19.8 Å². The van der Waals surface area contributed by atoms with Gasteiger partial charge in [0.25, 0.3) is 0 Å². The Bertz CT molecular complexity index is 602. The molecule has 1 aliphatic carbocycles. The van der Waals surface area contributed by atoms with Gasteiger partial charge in [-0.05, 0) is 66.3 Å². The fourth-order valence-corrected chi connectivity index (χ4v) is 2.56. The Kier molecular flexibility index (Phi) is 3.32. The van der Waals surface area contributed by atoms with Crippen molar-refractivity contribution in [2.75, 3.05) is 6.61 Å². The summed E-state index contributed by atoms with van der Waals surface area (Å²) in [5.41, 5.74) is 5.30. The maximum absolute atomic E-state index is 5.56. The van der Waals surface area contributed by atoms with Crippen molar-refractivity contribution in [3.8, 4) is 5.75 Å². The molecule has 0 bridgehead atoms. The van der Waals surface area contributed by atoms with Crippen molar-refractivity contribution in [3.05, 3.63) is 59.4 Å². The van der Waals surface area contributed by atoms with Crippen LogP contribution in [0.5, 0.6) is 5.75 Å². The number of hydrogen-bond acceptors (Lipinski definition) is 2. The Hall–Kier alpha value is -2.09. The van der Waals surface area contributed by atoms with Gasteiger partial charge < -0.3 is 4.74 Å². The van der Waals surface area contributed by atoms with E-state index in [0.717, 1.165) is 25.2 Å². The van der Waals surface area contributed by atoms with E-state index < -0.39 is 0 Å². The lowest BCUT2D eigenvalue weighted by Crippen LogP contribution is -1.92. The van der Waals surface area contributed by atoms with Crippen LogP contribution in [0.15, 0.2) is 42.7 Å². The molecule has 1 aromatic heterocycles. The molecule has 0 amide bonds. The summed E-state index contributed by atoms with van der Waals surface area (Å²) in [7, 11) is 0. The normalized spacial score (nSPS) is 15.5. The van der Waals surface area contributed by atoms with E-state index in [-0.39, 0.29) is 0 Å². The van der Waals surface area contributed by atoms with Crippen LogP contribution in [0.4, 0.5) is 0 Å². The molecule has 1 aromatic carbocycles. The molecule has 3 rings (SSSR count). The second-order valence-corrected chi connectivity index (χ2v) is 4.71. The number of pyridine rings is 1. The average Bonchev–Trinajstić information content (AvgIpc) is 2.83. The Labute approximate surface area is 113 Å². The summed E-state index contributed by atoms with van der Waals surface area (Å²) in [4.78, 5) is 4.16. The van der Waals surface area contributed by atoms with Crippen LogP contribution in [0.3, 0.4) is 0 Å². The molecule has 0 aliphatic heterocycles.